The van der Waals surface area contributed by atoms with E-state index in [1.54, 1.807) is 24.0 Å². The molecule has 0 bridgehead atoms. The predicted octanol–water partition coefficient (Wildman–Crippen LogP) is 0.908. The molecule has 18 heavy (non-hydrogen) atoms. The Morgan fingerprint density at radius 2 is 2.39 bits per heavy atom. The zero-order valence-corrected chi connectivity index (χ0v) is 12.0. The summed E-state index contributed by atoms with van der Waals surface area (Å²) in [6.45, 7) is 3.53. The van der Waals surface area contributed by atoms with Crippen molar-refractivity contribution in [3.63, 3.8) is 0 Å². The minimum Gasteiger partial charge on any atom is -0.363 e. The van der Waals surface area contributed by atoms with Crippen LogP contribution in [0.2, 0.25) is 0 Å². The SMILES string of the molecule is CCNCc1cc(S(=O)(=O)NC2CCSC2)c[nH]1. The van der Waals surface area contributed by atoms with E-state index in [0.717, 1.165) is 30.2 Å². The zero-order valence-electron chi connectivity index (χ0n) is 10.4. The Morgan fingerprint density at radius 1 is 1.56 bits per heavy atom. The van der Waals surface area contributed by atoms with Gasteiger partial charge in [-0.3, -0.25) is 0 Å². The molecule has 0 spiro atoms. The fraction of sp³-hybridized carbons (Fsp3) is 0.636. The third kappa shape index (κ3) is 3.50. The molecule has 1 aromatic rings. The maximum Gasteiger partial charge on any atom is 0.242 e. The van der Waals surface area contributed by atoms with Crippen molar-refractivity contribution >= 4 is 21.8 Å². The molecule has 1 aliphatic rings. The molecule has 1 saturated heterocycles. The standard InChI is InChI=1S/C11H19N3O2S2/c1-2-12-6-10-5-11(7-13-10)18(15,16)14-9-3-4-17-8-9/h5,7,9,12-14H,2-4,6,8H2,1H3. The van der Waals surface area contributed by atoms with Crippen molar-refractivity contribution in [1.82, 2.24) is 15.0 Å². The Bertz CT molecular complexity index is 478. The summed E-state index contributed by atoms with van der Waals surface area (Å²) in [5.74, 6) is 1.90. The first-order chi connectivity index (χ1) is 8.62. The summed E-state index contributed by atoms with van der Waals surface area (Å²) in [6.07, 6.45) is 2.47. The molecule has 0 aromatic carbocycles. The van der Waals surface area contributed by atoms with Crippen LogP contribution in [0, 0.1) is 0 Å². The summed E-state index contributed by atoms with van der Waals surface area (Å²) in [4.78, 5) is 3.31. The number of H-pyrrole nitrogens is 1. The Balaban J connectivity index is 2.02. The second-order valence-electron chi connectivity index (χ2n) is 4.32. The molecule has 1 fully saturated rings. The molecule has 2 heterocycles. The number of hydrogen-bond donors (Lipinski definition) is 3. The molecule has 2 rings (SSSR count). The van der Waals surface area contributed by atoms with Gasteiger partial charge in [0.2, 0.25) is 10.0 Å². The largest absolute Gasteiger partial charge is 0.363 e. The summed E-state index contributed by atoms with van der Waals surface area (Å²) in [7, 11) is -3.37. The molecule has 1 aromatic heterocycles. The van der Waals surface area contributed by atoms with Crippen LogP contribution in [0.25, 0.3) is 0 Å². The van der Waals surface area contributed by atoms with Gasteiger partial charge in [-0.2, -0.15) is 11.8 Å². The minimum atomic E-state index is -3.37. The Morgan fingerprint density at radius 3 is 3.06 bits per heavy atom. The highest BCUT2D eigenvalue weighted by atomic mass is 32.2. The van der Waals surface area contributed by atoms with E-state index >= 15 is 0 Å². The second kappa shape index (κ2) is 6.10. The summed E-state index contributed by atoms with van der Waals surface area (Å²) >= 11 is 1.79. The normalized spacial score (nSPS) is 20.4. The summed E-state index contributed by atoms with van der Waals surface area (Å²) in [6, 6.07) is 1.76. The number of aromatic amines is 1. The molecular weight excluding hydrogens is 270 g/mol. The molecule has 1 aliphatic heterocycles. The first-order valence-electron chi connectivity index (χ1n) is 6.10. The maximum absolute atomic E-state index is 12.1. The van der Waals surface area contributed by atoms with E-state index in [1.165, 1.54) is 0 Å². The third-order valence-electron chi connectivity index (χ3n) is 2.84. The number of nitrogens with one attached hydrogen (secondary N) is 3. The summed E-state index contributed by atoms with van der Waals surface area (Å²) in [5, 5.41) is 3.15. The van der Waals surface area contributed by atoms with E-state index in [2.05, 4.69) is 15.0 Å². The molecule has 0 radical (unpaired) electrons. The molecule has 0 amide bonds. The molecular formula is C11H19N3O2S2. The van der Waals surface area contributed by atoms with Crippen molar-refractivity contribution in [2.45, 2.75) is 30.8 Å². The molecule has 1 atom stereocenters. The van der Waals surface area contributed by atoms with Crippen molar-refractivity contribution < 1.29 is 8.42 Å². The lowest BCUT2D eigenvalue weighted by atomic mass is 10.3. The average molecular weight is 289 g/mol. The van der Waals surface area contributed by atoms with Crippen LogP contribution in [-0.2, 0) is 16.6 Å². The first-order valence-corrected chi connectivity index (χ1v) is 8.73. The number of hydrogen-bond acceptors (Lipinski definition) is 4. The average Bonchev–Trinajstić information content (AvgIpc) is 2.96. The van der Waals surface area contributed by atoms with Gasteiger partial charge in [0, 0.05) is 30.2 Å². The number of rotatable bonds is 6. The molecule has 1 unspecified atom stereocenters. The predicted molar refractivity (Wildman–Crippen MR) is 74.2 cm³/mol. The quantitative estimate of drug-likeness (QED) is 0.728. The van der Waals surface area contributed by atoms with Gasteiger partial charge in [0.15, 0.2) is 0 Å². The number of aromatic nitrogens is 1. The Labute approximate surface area is 112 Å². The van der Waals surface area contributed by atoms with Crippen LogP contribution in [-0.4, -0.2) is 37.5 Å². The van der Waals surface area contributed by atoms with E-state index in [0.29, 0.717) is 11.4 Å². The van der Waals surface area contributed by atoms with E-state index in [9.17, 15) is 8.42 Å². The van der Waals surface area contributed by atoms with Crippen LogP contribution in [0.1, 0.15) is 19.0 Å². The van der Waals surface area contributed by atoms with E-state index in [4.69, 9.17) is 0 Å². The second-order valence-corrected chi connectivity index (χ2v) is 7.19. The fourth-order valence-electron chi connectivity index (χ4n) is 1.85. The van der Waals surface area contributed by atoms with E-state index in [1.807, 2.05) is 6.92 Å². The highest BCUT2D eigenvalue weighted by Crippen LogP contribution is 2.19. The van der Waals surface area contributed by atoms with Crippen molar-refractivity contribution in [2.24, 2.45) is 0 Å². The van der Waals surface area contributed by atoms with Crippen LogP contribution in [0.3, 0.4) is 0 Å². The highest BCUT2D eigenvalue weighted by Gasteiger charge is 2.23. The molecule has 0 saturated carbocycles. The first kappa shape index (κ1) is 13.9. The lowest BCUT2D eigenvalue weighted by Gasteiger charge is -2.10. The van der Waals surface area contributed by atoms with Crippen molar-refractivity contribution in [2.75, 3.05) is 18.1 Å². The third-order valence-corrected chi connectivity index (χ3v) is 5.51. The van der Waals surface area contributed by atoms with Crippen molar-refractivity contribution in [3.8, 4) is 0 Å². The van der Waals surface area contributed by atoms with Crippen LogP contribution < -0.4 is 10.0 Å². The smallest absolute Gasteiger partial charge is 0.242 e. The molecule has 102 valence electrons. The van der Waals surface area contributed by atoms with E-state index < -0.39 is 10.0 Å². The summed E-state index contributed by atoms with van der Waals surface area (Å²) in [5.41, 5.74) is 0.887. The molecule has 3 N–H and O–H groups in total. The van der Waals surface area contributed by atoms with Crippen LogP contribution in [0.4, 0.5) is 0 Å². The van der Waals surface area contributed by atoms with Gasteiger partial charge in [0.05, 0.1) is 4.90 Å². The lowest BCUT2D eigenvalue weighted by Crippen LogP contribution is -2.34. The van der Waals surface area contributed by atoms with Crippen LogP contribution >= 0.6 is 11.8 Å². The van der Waals surface area contributed by atoms with Gasteiger partial charge in [-0.15, -0.1) is 0 Å². The Kier molecular flexibility index (Phi) is 4.71. The van der Waals surface area contributed by atoms with Gasteiger partial charge < -0.3 is 10.3 Å². The molecule has 0 aliphatic carbocycles. The van der Waals surface area contributed by atoms with Gasteiger partial charge in [-0.25, -0.2) is 13.1 Å². The highest BCUT2D eigenvalue weighted by molar-refractivity contribution is 7.99. The summed E-state index contributed by atoms with van der Waals surface area (Å²) < 4.78 is 27.0. The molecule has 7 heteroatoms. The van der Waals surface area contributed by atoms with Crippen LogP contribution in [0.5, 0.6) is 0 Å². The fourth-order valence-corrected chi connectivity index (χ4v) is 4.40. The minimum absolute atomic E-state index is 0.0760. The number of sulfonamides is 1. The monoisotopic (exact) mass is 289 g/mol. The molecule has 5 nitrogen and oxygen atoms in total. The maximum atomic E-state index is 12.1. The van der Waals surface area contributed by atoms with Gasteiger partial charge in [-0.1, -0.05) is 6.92 Å². The van der Waals surface area contributed by atoms with Gasteiger partial charge in [0.25, 0.3) is 0 Å². The Hall–Kier alpha value is -0.500. The topological polar surface area (TPSA) is 74.0 Å². The van der Waals surface area contributed by atoms with Crippen molar-refractivity contribution in [1.29, 1.82) is 0 Å². The number of thioether (sulfide) groups is 1. The van der Waals surface area contributed by atoms with E-state index in [-0.39, 0.29) is 6.04 Å². The van der Waals surface area contributed by atoms with Crippen LogP contribution in [0.15, 0.2) is 17.2 Å². The van der Waals surface area contributed by atoms with Gasteiger partial charge in [-0.05, 0) is 24.8 Å². The van der Waals surface area contributed by atoms with Crippen molar-refractivity contribution in [3.05, 3.63) is 18.0 Å². The zero-order chi connectivity index (χ0) is 13.0. The lowest BCUT2D eigenvalue weighted by molar-refractivity contribution is 0.563. The van der Waals surface area contributed by atoms with Gasteiger partial charge >= 0.3 is 0 Å². The van der Waals surface area contributed by atoms with Gasteiger partial charge in [0.1, 0.15) is 0 Å².